The molecule has 1 saturated heterocycles. The van der Waals surface area contributed by atoms with Gasteiger partial charge in [-0.25, -0.2) is 0 Å². The van der Waals surface area contributed by atoms with Crippen LogP contribution >= 0.6 is 11.8 Å². The molecule has 0 saturated carbocycles. The molecule has 0 aliphatic carbocycles. The van der Waals surface area contributed by atoms with E-state index in [4.69, 9.17) is 0 Å². The summed E-state index contributed by atoms with van der Waals surface area (Å²) < 4.78 is 0. The second-order valence-corrected chi connectivity index (χ2v) is 9.23. The van der Waals surface area contributed by atoms with Gasteiger partial charge in [0.2, 0.25) is 11.8 Å². The number of hydrogen-bond donors (Lipinski definition) is 0. The number of hydrogen-bond acceptors (Lipinski definition) is 3. The van der Waals surface area contributed by atoms with Crippen LogP contribution in [0.25, 0.3) is 0 Å². The summed E-state index contributed by atoms with van der Waals surface area (Å²) in [6.45, 7) is 2.92. The predicted octanol–water partition coefficient (Wildman–Crippen LogP) is 6.74. The average molecular weight is 398 g/mol. The Hall–Kier alpha value is -0.510. The van der Waals surface area contributed by atoms with Gasteiger partial charge in [0, 0.05) is 19.4 Å². The lowest BCUT2D eigenvalue weighted by molar-refractivity contribution is -0.148. The van der Waals surface area contributed by atoms with Gasteiger partial charge in [0.05, 0.1) is 0 Å². The smallest absolute Gasteiger partial charge is 0.229 e. The molecule has 158 valence electrons. The van der Waals surface area contributed by atoms with Gasteiger partial charge in [0.25, 0.3) is 0 Å². The van der Waals surface area contributed by atoms with E-state index in [-0.39, 0.29) is 11.8 Å². The number of carbonyl (C=O) groups excluding carboxylic acids is 2. The molecule has 0 N–H and O–H groups in total. The average Bonchev–Trinajstić information content (AvgIpc) is 2.66. The maximum Gasteiger partial charge on any atom is 0.229 e. The van der Waals surface area contributed by atoms with Gasteiger partial charge in [-0.05, 0) is 37.2 Å². The first-order valence-corrected chi connectivity index (χ1v) is 12.8. The minimum absolute atomic E-state index is 0.0422. The van der Waals surface area contributed by atoms with Crippen LogP contribution in [0.1, 0.15) is 116 Å². The fourth-order valence-electron chi connectivity index (χ4n) is 3.67. The van der Waals surface area contributed by atoms with Gasteiger partial charge in [-0.2, -0.15) is 11.8 Å². The molecule has 4 heteroatoms. The van der Waals surface area contributed by atoms with E-state index < -0.39 is 0 Å². The topological polar surface area (TPSA) is 37.4 Å². The molecule has 0 aromatic rings. The summed E-state index contributed by atoms with van der Waals surface area (Å²) >= 11 is 2.15. The summed E-state index contributed by atoms with van der Waals surface area (Å²) in [5.74, 6) is 2.78. The van der Waals surface area contributed by atoms with Gasteiger partial charge < -0.3 is 0 Å². The Morgan fingerprint density at radius 3 is 1.63 bits per heavy atom. The molecule has 1 rings (SSSR count). The molecule has 0 aromatic heterocycles. The fourth-order valence-corrected chi connectivity index (χ4v) is 4.69. The minimum Gasteiger partial charge on any atom is -0.283 e. The van der Waals surface area contributed by atoms with Crippen LogP contribution < -0.4 is 0 Å². The van der Waals surface area contributed by atoms with Crippen molar-refractivity contribution < 1.29 is 9.59 Å². The maximum atomic E-state index is 11.7. The van der Waals surface area contributed by atoms with Crippen LogP contribution in [0.5, 0.6) is 0 Å². The third-order valence-electron chi connectivity index (χ3n) is 5.45. The van der Waals surface area contributed by atoms with Gasteiger partial charge in [-0.15, -0.1) is 0 Å². The Kier molecular flexibility index (Phi) is 16.0. The van der Waals surface area contributed by atoms with Crippen LogP contribution in [0.15, 0.2) is 0 Å². The van der Waals surface area contributed by atoms with Crippen molar-refractivity contribution in [2.45, 2.75) is 116 Å². The molecule has 1 fully saturated rings. The predicted molar refractivity (Wildman–Crippen MR) is 118 cm³/mol. The highest BCUT2D eigenvalue weighted by atomic mass is 32.2. The molecular formula is C23H43NO2S. The Balaban J connectivity index is 1.75. The normalized spacial score (nSPS) is 14.9. The van der Waals surface area contributed by atoms with E-state index in [0.717, 1.165) is 19.3 Å². The molecule has 3 nitrogen and oxygen atoms in total. The lowest BCUT2D eigenvalue weighted by atomic mass is 10.1. The number of imide groups is 1. The van der Waals surface area contributed by atoms with E-state index in [1.807, 2.05) is 0 Å². The van der Waals surface area contributed by atoms with Crippen molar-refractivity contribution in [1.29, 1.82) is 0 Å². The molecule has 0 spiro atoms. The number of amides is 2. The van der Waals surface area contributed by atoms with Crippen LogP contribution in [-0.2, 0) is 9.59 Å². The number of thioether (sulfide) groups is 1. The minimum atomic E-state index is 0.0422. The van der Waals surface area contributed by atoms with Crippen molar-refractivity contribution >= 4 is 23.6 Å². The second kappa shape index (κ2) is 17.6. The molecule has 27 heavy (non-hydrogen) atoms. The molecular weight excluding hydrogens is 354 g/mol. The summed E-state index contributed by atoms with van der Waals surface area (Å²) in [7, 11) is 0. The number of rotatable bonds is 18. The van der Waals surface area contributed by atoms with Crippen molar-refractivity contribution in [2.24, 2.45) is 0 Å². The van der Waals surface area contributed by atoms with Crippen molar-refractivity contribution in [3.63, 3.8) is 0 Å². The Labute approximate surface area is 172 Å². The second-order valence-electron chi connectivity index (χ2n) is 8.00. The molecule has 0 aromatic carbocycles. The monoisotopic (exact) mass is 397 g/mol. The van der Waals surface area contributed by atoms with Crippen molar-refractivity contribution in [3.05, 3.63) is 0 Å². The summed E-state index contributed by atoms with van der Waals surface area (Å²) in [4.78, 5) is 24.9. The zero-order chi connectivity index (χ0) is 19.6. The van der Waals surface area contributed by atoms with E-state index in [2.05, 4.69) is 18.7 Å². The van der Waals surface area contributed by atoms with Gasteiger partial charge in [0.15, 0.2) is 0 Å². The lowest BCUT2D eigenvalue weighted by Gasteiger charge is -2.24. The first kappa shape index (κ1) is 24.5. The standard InChI is InChI=1S/C23H43NO2S/c1-2-3-4-5-11-14-20-27-21-15-12-9-7-6-8-10-13-19-24-22(25)17-16-18-23(24)26/h2-21H2,1H3. The first-order valence-electron chi connectivity index (χ1n) is 11.7. The van der Waals surface area contributed by atoms with Crippen LogP contribution in [0.4, 0.5) is 0 Å². The molecule has 0 radical (unpaired) electrons. The van der Waals surface area contributed by atoms with Crippen LogP contribution in [0.2, 0.25) is 0 Å². The van der Waals surface area contributed by atoms with E-state index >= 15 is 0 Å². The quantitative estimate of drug-likeness (QED) is 0.190. The van der Waals surface area contributed by atoms with E-state index in [1.54, 1.807) is 0 Å². The van der Waals surface area contributed by atoms with Gasteiger partial charge in [0.1, 0.15) is 0 Å². The van der Waals surface area contributed by atoms with Gasteiger partial charge in [-0.3, -0.25) is 14.5 Å². The Morgan fingerprint density at radius 1 is 0.667 bits per heavy atom. The molecule has 0 atom stereocenters. The molecule has 1 aliphatic rings. The molecule has 2 amide bonds. The third kappa shape index (κ3) is 13.3. The number of piperidine rings is 1. The highest BCUT2D eigenvalue weighted by Gasteiger charge is 2.24. The maximum absolute atomic E-state index is 11.7. The Morgan fingerprint density at radius 2 is 1.11 bits per heavy atom. The van der Waals surface area contributed by atoms with Crippen molar-refractivity contribution in [2.75, 3.05) is 18.1 Å². The van der Waals surface area contributed by atoms with Crippen molar-refractivity contribution in [1.82, 2.24) is 4.90 Å². The highest BCUT2D eigenvalue weighted by molar-refractivity contribution is 7.99. The summed E-state index contributed by atoms with van der Waals surface area (Å²) in [6.07, 6.45) is 20.4. The lowest BCUT2D eigenvalue weighted by Crippen LogP contribution is -2.40. The van der Waals surface area contributed by atoms with Crippen LogP contribution in [-0.4, -0.2) is 34.8 Å². The number of likely N-dealkylation sites (tertiary alicyclic amines) is 1. The SMILES string of the molecule is CCCCCCCCSCCCCCCCCCCN1C(=O)CCCC1=O. The Bertz CT molecular complexity index is 371. The molecule has 0 bridgehead atoms. The summed E-state index contributed by atoms with van der Waals surface area (Å²) in [5, 5.41) is 0. The van der Waals surface area contributed by atoms with Gasteiger partial charge in [-0.1, -0.05) is 77.6 Å². The number of unbranched alkanes of at least 4 members (excludes halogenated alkanes) is 12. The summed E-state index contributed by atoms with van der Waals surface area (Å²) in [6, 6.07) is 0. The van der Waals surface area contributed by atoms with Crippen LogP contribution in [0, 0.1) is 0 Å². The summed E-state index contributed by atoms with van der Waals surface area (Å²) in [5.41, 5.74) is 0. The molecule has 1 aliphatic heterocycles. The largest absolute Gasteiger partial charge is 0.283 e. The van der Waals surface area contributed by atoms with E-state index in [9.17, 15) is 9.59 Å². The molecule has 0 unspecified atom stereocenters. The third-order valence-corrected chi connectivity index (χ3v) is 6.60. The zero-order valence-corrected chi connectivity index (χ0v) is 18.6. The first-order chi connectivity index (χ1) is 13.3. The molecule has 1 heterocycles. The number of nitrogens with zero attached hydrogens (tertiary/aromatic N) is 1. The van der Waals surface area contributed by atoms with E-state index in [1.165, 1.54) is 93.5 Å². The van der Waals surface area contributed by atoms with E-state index in [0.29, 0.717) is 19.4 Å². The van der Waals surface area contributed by atoms with Crippen molar-refractivity contribution in [3.8, 4) is 0 Å². The highest BCUT2D eigenvalue weighted by Crippen LogP contribution is 2.15. The fraction of sp³-hybridized carbons (Fsp3) is 0.913. The van der Waals surface area contributed by atoms with Crippen LogP contribution in [0.3, 0.4) is 0 Å². The number of carbonyl (C=O) groups is 2. The van der Waals surface area contributed by atoms with Gasteiger partial charge >= 0.3 is 0 Å². The zero-order valence-electron chi connectivity index (χ0n) is 17.8.